The molecule has 1 saturated heterocycles. The van der Waals surface area contributed by atoms with Crippen molar-refractivity contribution in [2.45, 2.75) is 33.2 Å². The molecule has 160 valence electrons. The van der Waals surface area contributed by atoms with Gasteiger partial charge in [-0.1, -0.05) is 6.07 Å². The van der Waals surface area contributed by atoms with Crippen molar-refractivity contribution < 1.29 is 4.79 Å². The monoisotopic (exact) mass is 415 g/mol. The van der Waals surface area contributed by atoms with Gasteiger partial charge in [-0.05, 0) is 51.1 Å². The summed E-state index contributed by atoms with van der Waals surface area (Å²) in [6.45, 7) is 12.6. The van der Waals surface area contributed by atoms with Crippen LogP contribution >= 0.6 is 0 Å². The predicted octanol–water partition coefficient (Wildman–Crippen LogP) is 4.38. The zero-order valence-electron chi connectivity index (χ0n) is 18.7. The number of rotatable bonds is 3. The summed E-state index contributed by atoms with van der Waals surface area (Å²) in [4.78, 5) is 21.8. The molecule has 0 bridgehead atoms. The van der Waals surface area contributed by atoms with Gasteiger partial charge in [-0.3, -0.25) is 14.1 Å². The van der Waals surface area contributed by atoms with E-state index in [1.807, 2.05) is 41.2 Å². The number of imidazole rings is 1. The summed E-state index contributed by atoms with van der Waals surface area (Å²) in [5.41, 5.74) is 6.13. The van der Waals surface area contributed by atoms with E-state index in [-0.39, 0.29) is 11.3 Å². The smallest absolute Gasteiger partial charge is 0.176 e. The number of carbonyl (C=O) groups excluding carboxylic acids is 1. The molecule has 0 aromatic carbocycles. The van der Waals surface area contributed by atoms with Gasteiger partial charge >= 0.3 is 0 Å². The average molecular weight is 416 g/mol. The second-order valence-corrected chi connectivity index (χ2v) is 9.35. The van der Waals surface area contributed by atoms with Gasteiger partial charge < -0.3 is 9.30 Å². The summed E-state index contributed by atoms with van der Waals surface area (Å²) < 4.78 is 4.09. The van der Waals surface area contributed by atoms with Gasteiger partial charge in [0.2, 0.25) is 0 Å². The van der Waals surface area contributed by atoms with Crippen molar-refractivity contribution in [2.75, 3.05) is 31.1 Å². The van der Waals surface area contributed by atoms with Crippen LogP contribution in [0.25, 0.3) is 22.4 Å². The fourth-order valence-electron chi connectivity index (χ4n) is 4.66. The lowest BCUT2D eigenvalue weighted by atomic mass is 10.0. The molecule has 1 aliphatic heterocycles. The van der Waals surface area contributed by atoms with Crippen LogP contribution in [0.1, 0.15) is 38.2 Å². The number of aromatic nitrogens is 3. The van der Waals surface area contributed by atoms with Crippen LogP contribution in [0.15, 0.2) is 55.0 Å². The SMILES string of the molecule is CC(=O)c1cc(-c2cccc3nccn23)c2cc(N3CCN(C(C)(C)C)CC3)ccn12. The molecule has 1 fully saturated rings. The highest BCUT2D eigenvalue weighted by molar-refractivity contribution is 5.98. The molecule has 0 atom stereocenters. The lowest BCUT2D eigenvalue weighted by molar-refractivity contribution is 0.101. The first-order valence-electron chi connectivity index (χ1n) is 10.9. The molecule has 6 heteroatoms. The van der Waals surface area contributed by atoms with Crippen molar-refractivity contribution in [2.24, 2.45) is 0 Å². The number of piperazine rings is 1. The van der Waals surface area contributed by atoms with Gasteiger partial charge in [0.25, 0.3) is 0 Å². The molecule has 0 spiro atoms. The number of pyridine rings is 2. The van der Waals surface area contributed by atoms with Gasteiger partial charge in [0.15, 0.2) is 5.78 Å². The normalized spacial score (nSPS) is 15.8. The summed E-state index contributed by atoms with van der Waals surface area (Å²) in [5, 5.41) is 0. The molecule has 1 aliphatic rings. The minimum absolute atomic E-state index is 0.0607. The Morgan fingerprint density at radius 2 is 1.74 bits per heavy atom. The molecular formula is C25H29N5O. The number of carbonyl (C=O) groups is 1. The number of fused-ring (bicyclic) bond motifs is 2. The standard InChI is InChI=1S/C25H29N5O/c1-18(31)22-17-20(21-6-5-7-24-26-9-11-30(21)24)23-16-19(8-10-29(22)23)27-12-14-28(15-13-27)25(2,3)4/h5-11,16-17H,12-15H2,1-4H3. The Morgan fingerprint density at radius 3 is 2.45 bits per heavy atom. The molecular weight excluding hydrogens is 386 g/mol. The Kier molecular flexibility index (Phi) is 4.63. The second kappa shape index (κ2) is 7.24. The molecule has 5 heterocycles. The summed E-state index contributed by atoms with van der Waals surface area (Å²) >= 11 is 0. The fraction of sp³-hybridized carbons (Fsp3) is 0.360. The molecule has 0 unspecified atom stereocenters. The van der Waals surface area contributed by atoms with Crippen LogP contribution in [0.4, 0.5) is 5.69 Å². The fourth-order valence-corrected chi connectivity index (χ4v) is 4.66. The van der Waals surface area contributed by atoms with Gasteiger partial charge in [-0.15, -0.1) is 0 Å². The first-order valence-corrected chi connectivity index (χ1v) is 10.9. The average Bonchev–Trinajstić information content (AvgIpc) is 3.37. The highest BCUT2D eigenvalue weighted by atomic mass is 16.1. The van der Waals surface area contributed by atoms with Crippen molar-refractivity contribution in [3.63, 3.8) is 0 Å². The van der Waals surface area contributed by atoms with Crippen molar-refractivity contribution in [3.05, 3.63) is 60.7 Å². The highest BCUT2D eigenvalue weighted by Gasteiger charge is 2.26. The molecule has 4 aromatic heterocycles. The maximum Gasteiger partial charge on any atom is 0.176 e. The van der Waals surface area contributed by atoms with E-state index >= 15 is 0 Å². The minimum atomic E-state index is 0.0607. The van der Waals surface area contributed by atoms with E-state index in [0.717, 1.165) is 48.6 Å². The van der Waals surface area contributed by atoms with Gasteiger partial charge in [-0.25, -0.2) is 4.98 Å². The molecule has 0 N–H and O–H groups in total. The highest BCUT2D eigenvalue weighted by Crippen LogP contribution is 2.32. The van der Waals surface area contributed by atoms with Gasteiger partial charge in [0, 0.05) is 68.5 Å². The third-order valence-corrected chi connectivity index (χ3v) is 6.41. The lowest BCUT2D eigenvalue weighted by Gasteiger charge is -2.43. The topological polar surface area (TPSA) is 45.3 Å². The largest absolute Gasteiger partial charge is 0.369 e. The first-order chi connectivity index (χ1) is 14.8. The van der Waals surface area contributed by atoms with E-state index < -0.39 is 0 Å². The Balaban J connectivity index is 1.59. The van der Waals surface area contributed by atoms with Crippen LogP contribution in [-0.4, -0.2) is 56.2 Å². The van der Waals surface area contributed by atoms with E-state index in [9.17, 15) is 4.79 Å². The summed E-state index contributed by atoms with van der Waals surface area (Å²) in [6.07, 6.45) is 5.81. The van der Waals surface area contributed by atoms with E-state index in [0.29, 0.717) is 5.69 Å². The summed E-state index contributed by atoms with van der Waals surface area (Å²) in [5.74, 6) is 0.0607. The van der Waals surface area contributed by atoms with Crippen LogP contribution in [0.5, 0.6) is 0 Å². The van der Waals surface area contributed by atoms with Crippen molar-refractivity contribution in [1.29, 1.82) is 0 Å². The quantitative estimate of drug-likeness (QED) is 0.466. The van der Waals surface area contributed by atoms with Crippen LogP contribution in [0.3, 0.4) is 0 Å². The number of anilines is 1. The third kappa shape index (κ3) is 3.41. The van der Waals surface area contributed by atoms with Gasteiger partial charge in [-0.2, -0.15) is 0 Å². The van der Waals surface area contributed by atoms with Gasteiger partial charge in [0.1, 0.15) is 5.65 Å². The number of ketones is 1. The zero-order chi connectivity index (χ0) is 21.8. The molecule has 0 saturated carbocycles. The van der Waals surface area contributed by atoms with E-state index in [4.69, 9.17) is 0 Å². The molecule has 4 aromatic rings. The summed E-state index contributed by atoms with van der Waals surface area (Å²) in [6, 6.07) is 12.5. The Morgan fingerprint density at radius 1 is 0.968 bits per heavy atom. The molecule has 0 aliphatic carbocycles. The number of nitrogens with zero attached hydrogens (tertiary/aromatic N) is 5. The van der Waals surface area contributed by atoms with Crippen molar-refractivity contribution >= 4 is 22.6 Å². The van der Waals surface area contributed by atoms with Gasteiger partial charge in [0.05, 0.1) is 16.9 Å². The van der Waals surface area contributed by atoms with Crippen LogP contribution in [-0.2, 0) is 0 Å². The van der Waals surface area contributed by atoms with Crippen molar-refractivity contribution in [1.82, 2.24) is 18.7 Å². The second-order valence-electron chi connectivity index (χ2n) is 9.35. The van der Waals surface area contributed by atoms with Crippen LogP contribution in [0, 0.1) is 0 Å². The Hall–Kier alpha value is -3.12. The number of hydrogen-bond donors (Lipinski definition) is 0. The Bertz CT molecular complexity index is 1270. The molecule has 0 radical (unpaired) electrons. The zero-order valence-corrected chi connectivity index (χ0v) is 18.7. The molecule has 6 nitrogen and oxygen atoms in total. The maximum absolute atomic E-state index is 12.4. The van der Waals surface area contributed by atoms with E-state index in [1.54, 1.807) is 6.92 Å². The molecule has 0 amide bonds. The van der Waals surface area contributed by atoms with E-state index in [2.05, 4.69) is 58.2 Å². The predicted molar refractivity (Wildman–Crippen MR) is 125 cm³/mol. The van der Waals surface area contributed by atoms with Crippen molar-refractivity contribution in [3.8, 4) is 11.3 Å². The van der Waals surface area contributed by atoms with E-state index in [1.165, 1.54) is 5.69 Å². The Labute approximate surface area is 182 Å². The van der Waals surface area contributed by atoms with Crippen LogP contribution in [0.2, 0.25) is 0 Å². The summed E-state index contributed by atoms with van der Waals surface area (Å²) in [7, 11) is 0. The molecule has 5 rings (SSSR count). The first kappa shape index (κ1) is 19.8. The number of hydrogen-bond acceptors (Lipinski definition) is 4. The number of Topliss-reactive ketones (excluding diaryl/α,β-unsaturated/α-hetero) is 1. The lowest BCUT2D eigenvalue weighted by Crippen LogP contribution is -2.53. The van der Waals surface area contributed by atoms with Crippen LogP contribution < -0.4 is 4.90 Å². The minimum Gasteiger partial charge on any atom is -0.369 e. The molecule has 31 heavy (non-hydrogen) atoms. The maximum atomic E-state index is 12.4. The third-order valence-electron chi connectivity index (χ3n) is 6.41.